The first-order valence-corrected chi connectivity index (χ1v) is 4.28. The first kappa shape index (κ1) is 8.74. The van der Waals surface area contributed by atoms with Crippen molar-refractivity contribution in [1.29, 1.82) is 0 Å². The van der Waals surface area contributed by atoms with Gasteiger partial charge in [-0.2, -0.15) is 10.1 Å². The van der Waals surface area contributed by atoms with Crippen molar-refractivity contribution in [2.45, 2.75) is 0 Å². The second kappa shape index (κ2) is 3.49. The van der Waals surface area contributed by atoms with E-state index in [-0.39, 0.29) is 0 Å². The number of amides is 1. The van der Waals surface area contributed by atoms with Gasteiger partial charge in [-0.05, 0) is 24.4 Å². The van der Waals surface area contributed by atoms with E-state index in [9.17, 15) is 4.79 Å². The van der Waals surface area contributed by atoms with Gasteiger partial charge in [0.15, 0.2) is 0 Å². The van der Waals surface area contributed by atoms with Gasteiger partial charge in [0.1, 0.15) is 0 Å². The van der Waals surface area contributed by atoms with Gasteiger partial charge >= 0.3 is 0 Å². The van der Waals surface area contributed by atoms with Gasteiger partial charge in [-0.3, -0.25) is 4.79 Å². The Kier molecular flexibility index (Phi) is 2.18. The van der Waals surface area contributed by atoms with Gasteiger partial charge in [0, 0.05) is 6.20 Å². The fourth-order valence-electron chi connectivity index (χ4n) is 1.20. The van der Waals surface area contributed by atoms with Crippen LogP contribution < -0.4 is 0 Å². The lowest BCUT2D eigenvalue weighted by Gasteiger charge is -1.91. The summed E-state index contributed by atoms with van der Waals surface area (Å²) in [6.45, 7) is 0. The topological polar surface area (TPSA) is 46.7 Å². The van der Waals surface area contributed by atoms with Gasteiger partial charge in [0.05, 0.1) is 22.4 Å². The molecule has 0 bridgehead atoms. The highest BCUT2D eigenvalue weighted by Crippen LogP contribution is 2.10. The van der Waals surface area contributed by atoms with E-state index in [2.05, 4.69) is 22.3 Å². The number of hydrogen-bond donors (Lipinski definition) is 0. The Bertz CT molecular complexity index is 540. The van der Waals surface area contributed by atoms with Crippen molar-refractivity contribution in [3.05, 3.63) is 36.2 Å². The van der Waals surface area contributed by atoms with Crippen molar-refractivity contribution in [3.8, 4) is 0 Å². The number of thiocarbonyl (C=S) groups is 1. The maximum absolute atomic E-state index is 11.4. The summed E-state index contributed by atoms with van der Waals surface area (Å²) in [4.78, 5) is 14.8. The van der Waals surface area contributed by atoms with E-state index in [0.717, 1.165) is 0 Å². The van der Waals surface area contributed by atoms with Crippen LogP contribution in [0.5, 0.6) is 0 Å². The quantitative estimate of drug-likeness (QED) is 0.522. The molecule has 0 aromatic carbocycles. The number of aliphatic imine (C=N–C) groups is 1. The Balaban J connectivity index is 2.64. The fourth-order valence-corrected chi connectivity index (χ4v) is 1.28. The van der Waals surface area contributed by atoms with E-state index in [4.69, 9.17) is 0 Å². The predicted molar refractivity (Wildman–Crippen MR) is 54.5 cm³/mol. The summed E-state index contributed by atoms with van der Waals surface area (Å²) in [5, 5.41) is 6.04. The smallest absolute Gasteiger partial charge is 0.266 e. The number of nitrogens with zero attached hydrogens (tertiary/aromatic N) is 3. The Morgan fingerprint density at radius 3 is 3.21 bits per heavy atom. The van der Waals surface area contributed by atoms with Crippen LogP contribution in [0.15, 0.2) is 35.6 Å². The molecule has 0 saturated carbocycles. The molecule has 0 fully saturated rings. The highest BCUT2D eigenvalue weighted by molar-refractivity contribution is 7.78. The van der Waals surface area contributed by atoms with E-state index >= 15 is 0 Å². The standard InChI is InChI=1S/C9H5N3OS/c13-9(10-6-14)7-5-11-12-4-2-1-3-8(7)12/h1-5H. The lowest BCUT2D eigenvalue weighted by Crippen LogP contribution is -1.93. The summed E-state index contributed by atoms with van der Waals surface area (Å²) in [6.07, 6.45) is 3.22. The van der Waals surface area contributed by atoms with Crippen LogP contribution in [0.1, 0.15) is 10.4 Å². The molecule has 14 heavy (non-hydrogen) atoms. The van der Waals surface area contributed by atoms with Crippen LogP contribution in [0.4, 0.5) is 0 Å². The molecule has 0 saturated heterocycles. The molecule has 4 nitrogen and oxygen atoms in total. The molecule has 0 atom stereocenters. The number of aromatic nitrogens is 2. The van der Waals surface area contributed by atoms with Crippen LogP contribution in [-0.2, 0) is 0 Å². The summed E-state index contributed by atoms with van der Waals surface area (Å²) in [7, 11) is 0. The number of hydrogen-bond acceptors (Lipinski definition) is 3. The number of carbonyl (C=O) groups excluding carboxylic acids is 1. The van der Waals surface area contributed by atoms with Gasteiger partial charge in [-0.1, -0.05) is 6.07 Å². The molecular formula is C9H5N3OS. The highest BCUT2D eigenvalue weighted by atomic mass is 32.1. The Morgan fingerprint density at radius 1 is 1.57 bits per heavy atom. The van der Waals surface area contributed by atoms with Gasteiger partial charge in [0.25, 0.3) is 5.91 Å². The maximum Gasteiger partial charge on any atom is 0.289 e. The van der Waals surface area contributed by atoms with Gasteiger partial charge in [-0.15, -0.1) is 0 Å². The molecule has 0 aliphatic carbocycles. The summed E-state index contributed by atoms with van der Waals surface area (Å²) in [6, 6.07) is 5.45. The summed E-state index contributed by atoms with van der Waals surface area (Å²) in [5.41, 5.74) is 1.15. The molecule has 0 spiro atoms. The van der Waals surface area contributed by atoms with Crippen molar-refractivity contribution in [2.75, 3.05) is 0 Å². The third-order valence-corrected chi connectivity index (χ3v) is 1.90. The zero-order chi connectivity index (χ0) is 9.97. The highest BCUT2D eigenvalue weighted by Gasteiger charge is 2.10. The first-order valence-electron chi connectivity index (χ1n) is 3.87. The zero-order valence-corrected chi connectivity index (χ0v) is 7.86. The number of pyridine rings is 1. The average molecular weight is 203 g/mol. The van der Waals surface area contributed by atoms with Crippen molar-refractivity contribution >= 4 is 28.8 Å². The molecule has 0 radical (unpaired) electrons. The van der Waals surface area contributed by atoms with Gasteiger partial charge in [-0.25, -0.2) is 4.52 Å². The Hall–Kier alpha value is -1.84. The molecule has 0 aliphatic rings. The minimum atomic E-state index is -0.416. The van der Waals surface area contributed by atoms with Crippen LogP contribution in [-0.4, -0.2) is 20.7 Å². The normalized spacial score (nSPS) is 9.71. The minimum absolute atomic E-state index is 0.416. The number of rotatable bonds is 1. The van der Waals surface area contributed by atoms with E-state index in [0.29, 0.717) is 11.1 Å². The second-order valence-electron chi connectivity index (χ2n) is 2.60. The minimum Gasteiger partial charge on any atom is -0.266 e. The monoisotopic (exact) mass is 203 g/mol. The van der Waals surface area contributed by atoms with E-state index in [1.807, 2.05) is 17.3 Å². The molecule has 68 valence electrons. The van der Waals surface area contributed by atoms with Crippen LogP contribution >= 0.6 is 12.2 Å². The summed E-state index contributed by atoms with van der Waals surface area (Å²) in [5.74, 6) is -0.416. The van der Waals surface area contributed by atoms with Gasteiger partial charge in [0.2, 0.25) is 0 Å². The van der Waals surface area contributed by atoms with E-state index in [1.54, 1.807) is 16.8 Å². The van der Waals surface area contributed by atoms with Crippen LogP contribution in [0, 0.1) is 0 Å². The second-order valence-corrected chi connectivity index (χ2v) is 2.78. The van der Waals surface area contributed by atoms with Crippen LogP contribution in [0.3, 0.4) is 0 Å². The molecule has 5 heteroatoms. The predicted octanol–water partition coefficient (Wildman–Crippen LogP) is 1.58. The molecule has 2 rings (SSSR count). The third kappa shape index (κ3) is 1.35. The van der Waals surface area contributed by atoms with Crippen LogP contribution in [0.2, 0.25) is 0 Å². The molecule has 2 aromatic rings. The van der Waals surface area contributed by atoms with Crippen molar-refractivity contribution in [2.24, 2.45) is 4.99 Å². The molecule has 2 aromatic heterocycles. The first-order chi connectivity index (χ1) is 6.83. The largest absolute Gasteiger partial charge is 0.289 e. The Morgan fingerprint density at radius 2 is 2.43 bits per heavy atom. The molecule has 1 amide bonds. The molecule has 0 N–H and O–H groups in total. The zero-order valence-electron chi connectivity index (χ0n) is 7.04. The number of carbonyl (C=O) groups is 1. The third-order valence-electron chi connectivity index (χ3n) is 1.80. The van der Waals surface area contributed by atoms with Gasteiger partial charge < -0.3 is 0 Å². The number of isothiocyanates is 1. The molecular weight excluding hydrogens is 198 g/mol. The SMILES string of the molecule is O=C(N=C=S)c1cnn2ccccc12. The van der Waals surface area contributed by atoms with Crippen molar-refractivity contribution in [1.82, 2.24) is 9.61 Å². The molecule has 2 heterocycles. The maximum atomic E-state index is 11.4. The average Bonchev–Trinajstić information content (AvgIpc) is 2.61. The molecule has 0 unspecified atom stereocenters. The molecule has 0 aliphatic heterocycles. The van der Waals surface area contributed by atoms with Crippen molar-refractivity contribution < 1.29 is 4.79 Å². The van der Waals surface area contributed by atoms with E-state index < -0.39 is 5.91 Å². The van der Waals surface area contributed by atoms with Crippen molar-refractivity contribution in [3.63, 3.8) is 0 Å². The lowest BCUT2D eigenvalue weighted by molar-refractivity contribution is 0.101. The fraction of sp³-hybridized carbons (Fsp3) is 0. The number of fused-ring (bicyclic) bond motifs is 1. The van der Waals surface area contributed by atoms with E-state index in [1.165, 1.54) is 6.20 Å². The Labute approximate surface area is 84.9 Å². The lowest BCUT2D eigenvalue weighted by atomic mass is 10.2. The summed E-state index contributed by atoms with van der Waals surface area (Å²) >= 11 is 4.36. The van der Waals surface area contributed by atoms with Crippen LogP contribution in [0.25, 0.3) is 5.52 Å². The summed E-state index contributed by atoms with van der Waals surface area (Å²) < 4.78 is 1.60.